The second kappa shape index (κ2) is 8.53. The Bertz CT molecular complexity index is 1010. The number of rotatable bonds is 6. The summed E-state index contributed by atoms with van der Waals surface area (Å²) in [6.45, 7) is 6.20. The van der Waals surface area contributed by atoms with Gasteiger partial charge >= 0.3 is 0 Å². The maximum atomic E-state index is 12.2. The second-order valence-corrected chi connectivity index (χ2v) is 8.31. The van der Waals surface area contributed by atoms with Crippen LogP contribution in [0.1, 0.15) is 16.7 Å². The third-order valence-electron chi connectivity index (χ3n) is 4.10. The molecule has 0 fully saturated rings. The number of nitrogens with zero attached hydrogens (tertiary/aromatic N) is 2. The van der Waals surface area contributed by atoms with Crippen LogP contribution in [0.4, 0.5) is 10.8 Å². The van der Waals surface area contributed by atoms with Crippen LogP contribution in [0.5, 0.6) is 0 Å². The van der Waals surface area contributed by atoms with Gasteiger partial charge < -0.3 is 5.32 Å². The van der Waals surface area contributed by atoms with E-state index in [9.17, 15) is 14.9 Å². The highest BCUT2D eigenvalue weighted by Gasteiger charge is 2.13. The first-order valence-corrected chi connectivity index (χ1v) is 10.4. The summed E-state index contributed by atoms with van der Waals surface area (Å²) in [6, 6.07) is 10.4. The zero-order valence-electron chi connectivity index (χ0n) is 15.7. The van der Waals surface area contributed by atoms with Gasteiger partial charge in [-0.15, -0.1) is 23.1 Å². The van der Waals surface area contributed by atoms with Crippen LogP contribution in [0.2, 0.25) is 0 Å². The van der Waals surface area contributed by atoms with Gasteiger partial charge in [0.2, 0.25) is 5.91 Å². The molecule has 1 amide bonds. The number of nitro benzene ring substituents is 1. The highest BCUT2D eigenvalue weighted by molar-refractivity contribution is 8.00. The molecule has 0 saturated heterocycles. The summed E-state index contributed by atoms with van der Waals surface area (Å²) in [7, 11) is 0. The van der Waals surface area contributed by atoms with Gasteiger partial charge in [-0.25, -0.2) is 4.98 Å². The number of carbonyl (C=O) groups excluding carboxylic acids is 1. The van der Waals surface area contributed by atoms with Crippen LogP contribution in [-0.2, 0) is 4.79 Å². The van der Waals surface area contributed by atoms with Gasteiger partial charge in [0.25, 0.3) is 5.69 Å². The number of benzene rings is 2. The van der Waals surface area contributed by atoms with E-state index in [0.29, 0.717) is 5.13 Å². The molecule has 0 radical (unpaired) electrons. The fraction of sp³-hybridized carbons (Fsp3) is 0.200. The molecule has 0 bridgehead atoms. The molecule has 0 saturated carbocycles. The number of anilines is 1. The zero-order valence-corrected chi connectivity index (χ0v) is 17.3. The van der Waals surface area contributed by atoms with Crippen LogP contribution < -0.4 is 5.32 Å². The van der Waals surface area contributed by atoms with E-state index >= 15 is 0 Å². The second-order valence-electron chi connectivity index (χ2n) is 6.40. The van der Waals surface area contributed by atoms with Crippen molar-refractivity contribution in [2.24, 2.45) is 0 Å². The lowest BCUT2D eigenvalue weighted by Crippen LogP contribution is -2.13. The first-order chi connectivity index (χ1) is 13.3. The maximum absolute atomic E-state index is 12.2. The van der Waals surface area contributed by atoms with Crippen LogP contribution in [0, 0.1) is 30.9 Å². The van der Waals surface area contributed by atoms with Crippen LogP contribution in [0.15, 0.2) is 46.7 Å². The van der Waals surface area contributed by atoms with Gasteiger partial charge in [0.15, 0.2) is 5.13 Å². The molecule has 3 aromatic rings. The predicted octanol–water partition coefficient (Wildman–Crippen LogP) is 5.37. The van der Waals surface area contributed by atoms with Crippen molar-refractivity contribution in [1.82, 2.24) is 4.98 Å². The first-order valence-electron chi connectivity index (χ1n) is 8.54. The van der Waals surface area contributed by atoms with Crippen molar-refractivity contribution < 1.29 is 9.72 Å². The molecule has 0 spiro atoms. The number of carbonyl (C=O) groups is 1. The minimum absolute atomic E-state index is 0.0332. The summed E-state index contributed by atoms with van der Waals surface area (Å²) >= 11 is 2.71. The third-order valence-corrected chi connectivity index (χ3v) is 5.87. The first kappa shape index (κ1) is 20.0. The van der Waals surface area contributed by atoms with E-state index < -0.39 is 4.92 Å². The third kappa shape index (κ3) is 4.76. The molecule has 1 N–H and O–H groups in total. The number of amides is 1. The number of thiazole rings is 1. The molecule has 0 aliphatic carbocycles. The van der Waals surface area contributed by atoms with E-state index in [-0.39, 0.29) is 17.3 Å². The van der Waals surface area contributed by atoms with Crippen LogP contribution in [-0.4, -0.2) is 21.6 Å². The highest BCUT2D eigenvalue weighted by Crippen LogP contribution is 2.31. The number of hydrogen-bond acceptors (Lipinski definition) is 6. The van der Waals surface area contributed by atoms with E-state index in [1.807, 2.05) is 5.38 Å². The molecule has 2 aromatic carbocycles. The molecular weight excluding hydrogens is 394 g/mol. The topological polar surface area (TPSA) is 85.1 Å². The molecule has 144 valence electrons. The molecular formula is C20H19N3O3S2. The Morgan fingerprint density at radius 1 is 1.18 bits per heavy atom. The van der Waals surface area contributed by atoms with Gasteiger partial charge in [-0.3, -0.25) is 14.9 Å². The van der Waals surface area contributed by atoms with Gasteiger partial charge in [0, 0.05) is 28.0 Å². The fourth-order valence-electron chi connectivity index (χ4n) is 3.00. The summed E-state index contributed by atoms with van der Waals surface area (Å²) in [5.41, 5.74) is 5.53. The Labute approximate surface area is 171 Å². The van der Waals surface area contributed by atoms with Crippen molar-refractivity contribution in [3.63, 3.8) is 0 Å². The van der Waals surface area contributed by atoms with Gasteiger partial charge in [0.1, 0.15) is 0 Å². The molecule has 1 heterocycles. The molecule has 28 heavy (non-hydrogen) atoms. The SMILES string of the molecule is Cc1cc(C)c(-c2csc(NC(=O)CSc3ccc([N+](=O)[O-])cc3)n2)c(C)c1. The highest BCUT2D eigenvalue weighted by atomic mass is 32.2. The van der Waals surface area contributed by atoms with E-state index in [0.717, 1.165) is 27.3 Å². The van der Waals surface area contributed by atoms with Crippen LogP contribution >= 0.6 is 23.1 Å². The smallest absolute Gasteiger partial charge is 0.269 e. The average Bonchev–Trinajstić information content (AvgIpc) is 3.07. The minimum Gasteiger partial charge on any atom is -0.301 e. The standard InChI is InChI=1S/C20H19N3O3S2/c1-12-8-13(2)19(14(3)9-12)17-10-28-20(21-17)22-18(24)11-27-16-6-4-15(5-7-16)23(25)26/h4-10H,11H2,1-3H3,(H,21,22,24). The minimum atomic E-state index is -0.446. The molecule has 0 atom stereocenters. The van der Waals surface area contributed by atoms with Crippen LogP contribution in [0.25, 0.3) is 11.3 Å². The summed E-state index contributed by atoms with van der Waals surface area (Å²) in [4.78, 5) is 27.8. The molecule has 0 aliphatic heterocycles. The van der Waals surface area contributed by atoms with Crippen molar-refractivity contribution in [2.45, 2.75) is 25.7 Å². The number of nitro groups is 1. The molecule has 6 nitrogen and oxygen atoms in total. The Morgan fingerprint density at radius 2 is 1.82 bits per heavy atom. The van der Waals surface area contributed by atoms with Crippen molar-refractivity contribution in [3.05, 3.63) is 68.6 Å². The molecule has 8 heteroatoms. The fourth-order valence-corrected chi connectivity index (χ4v) is 4.41. The van der Waals surface area contributed by atoms with E-state index in [4.69, 9.17) is 0 Å². The monoisotopic (exact) mass is 413 g/mol. The number of hydrogen-bond donors (Lipinski definition) is 1. The lowest BCUT2D eigenvalue weighted by molar-refractivity contribution is -0.384. The lowest BCUT2D eigenvalue weighted by atomic mass is 9.98. The molecule has 0 unspecified atom stereocenters. The number of non-ortho nitro benzene ring substituents is 1. The normalized spacial score (nSPS) is 10.7. The quantitative estimate of drug-likeness (QED) is 0.333. The Kier molecular flexibility index (Phi) is 6.11. The largest absolute Gasteiger partial charge is 0.301 e. The number of thioether (sulfide) groups is 1. The average molecular weight is 414 g/mol. The van der Waals surface area contributed by atoms with Crippen molar-refractivity contribution >= 4 is 39.8 Å². The van der Waals surface area contributed by atoms with E-state index in [1.54, 1.807) is 12.1 Å². The van der Waals surface area contributed by atoms with E-state index in [1.165, 1.54) is 40.8 Å². The molecule has 0 aliphatic rings. The molecule has 1 aromatic heterocycles. The van der Waals surface area contributed by atoms with Gasteiger partial charge in [0.05, 0.1) is 16.4 Å². The van der Waals surface area contributed by atoms with Crippen LogP contribution in [0.3, 0.4) is 0 Å². The Balaban J connectivity index is 1.62. The zero-order chi connectivity index (χ0) is 20.3. The van der Waals surface area contributed by atoms with E-state index in [2.05, 4.69) is 43.2 Å². The number of aromatic nitrogens is 1. The Morgan fingerprint density at radius 3 is 2.43 bits per heavy atom. The summed E-state index contributed by atoms with van der Waals surface area (Å²) in [5, 5.41) is 16.0. The predicted molar refractivity (Wildman–Crippen MR) is 114 cm³/mol. The summed E-state index contributed by atoms with van der Waals surface area (Å²) < 4.78 is 0. The van der Waals surface area contributed by atoms with Crippen molar-refractivity contribution in [1.29, 1.82) is 0 Å². The molecule has 3 rings (SSSR count). The van der Waals surface area contributed by atoms with Gasteiger partial charge in [-0.1, -0.05) is 17.7 Å². The number of nitrogens with one attached hydrogen (secondary N) is 1. The maximum Gasteiger partial charge on any atom is 0.269 e. The van der Waals surface area contributed by atoms with Crippen molar-refractivity contribution in [3.8, 4) is 11.3 Å². The summed E-state index contributed by atoms with van der Waals surface area (Å²) in [6.07, 6.45) is 0. The summed E-state index contributed by atoms with van der Waals surface area (Å²) in [5.74, 6) is 0.0385. The number of aryl methyl sites for hydroxylation is 3. The Hall–Kier alpha value is -2.71. The van der Waals surface area contributed by atoms with Gasteiger partial charge in [-0.05, 0) is 44.0 Å². The lowest BCUT2D eigenvalue weighted by Gasteiger charge is -2.08. The van der Waals surface area contributed by atoms with Crippen molar-refractivity contribution in [2.75, 3.05) is 11.1 Å². The van der Waals surface area contributed by atoms with Gasteiger partial charge in [-0.2, -0.15) is 0 Å².